The van der Waals surface area contributed by atoms with Gasteiger partial charge in [0.05, 0.1) is 6.61 Å². The van der Waals surface area contributed by atoms with Crippen molar-refractivity contribution in [3.05, 3.63) is 35.4 Å². The van der Waals surface area contributed by atoms with Crippen molar-refractivity contribution in [1.82, 2.24) is 0 Å². The standard InChI is InChI=1S/C12H16O3S/c1-9-4-3-5-10(8-9)12(2,11(14)15)16-7-6-13/h3-5,8,13H,6-7H2,1-2H3,(H,14,15). The van der Waals surface area contributed by atoms with Crippen molar-refractivity contribution in [3.63, 3.8) is 0 Å². The highest BCUT2D eigenvalue weighted by Gasteiger charge is 2.35. The fraction of sp³-hybridized carbons (Fsp3) is 0.417. The third-order valence-corrected chi connectivity index (χ3v) is 3.83. The first kappa shape index (κ1) is 13.1. The minimum absolute atomic E-state index is 0.0145. The normalized spacial score (nSPS) is 14.4. The van der Waals surface area contributed by atoms with Crippen molar-refractivity contribution in [1.29, 1.82) is 0 Å². The zero-order valence-electron chi connectivity index (χ0n) is 9.43. The predicted octanol–water partition coefficient (Wildman–Crippen LogP) is 2.02. The van der Waals surface area contributed by atoms with Crippen LogP contribution < -0.4 is 0 Å². The summed E-state index contributed by atoms with van der Waals surface area (Å²) in [4.78, 5) is 11.3. The number of rotatable bonds is 5. The Morgan fingerprint density at radius 1 is 1.50 bits per heavy atom. The third kappa shape index (κ3) is 2.77. The number of hydrogen-bond donors (Lipinski definition) is 2. The molecule has 0 amide bonds. The van der Waals surface area contributed by atoms with E-state index in [4.69, 9.17) is 5.11 Å². The van der Waals surface area contributed by atoms with Crippen LogP contribution in [-0.2, 0) is 9.54 Å². The number of carboxylic acids is 1. The molecule has 0 aliphatic heterocycles. The molecule has 0 saturated heterocycles. The lowest BCUT2D eigenvalue weighted by molar-refractivity contribution is -0.139. The van der Waals surface area contributed by atoms with Crippen LogP contribution in [0.5, 0.6) is 0 Å². The Morgan fingerprint density at radius 3 is 2.69 bits per heavy atom. The molecule has 4 heteroatoms. The van der Waals surface area contributed by atoms with Gasteiger partial charge >= 0.3 is 5.97 Å². The maximum Gasteiger partial charge on any atom is 0.324 e. The average Bonchev–Trinajstić information content (AvgIpc) is 2.25. The summed E-state index contributed by atoms with van der Waals surface area (Å²) in [6.45, 7) is 3.59. The second-order valence-electron chi connectivity index (χ2n) is 3.78. The molecule has 1 aromatic rings. The number of carbonyl (C=O) groups is 1. The van der Waals surface area contributed by atoms with Crippen LogP contribution in [0.2, 0.25) is 0 Å². The van der Waals surface area contributed by atoms with Crippen LogP contribution in [0.25, 0.3) is 0 Å². The van der Waals surface area contributed by atoms with Gasteiger partial charge in [-0.1, -0.05) is 29.8 Å². The topological polar surface area (TPSA) is 57.5 Å². The Kier molecular flexibility index (Phi) is 4.38. The van der Waals surface area contributed by atoms with Crippen LogP contribution in [0, 0.1) is 6.92 Å². The summed E-state index contributed by atoms with van der Waals surface area (Å²) in [6, 6.07) is 7.47. The number of aliphatic hydroxyl groups is 1. The third-order valence-electron chi connectivity index (χ3n) is 2.46. The van der Waals surface area contributed by atoms with Gasteiger partial charge in [-0.15, -0.1) is 11.8 Å². The summed E-state index contributed by atoms with van der Waals surface area (Å²) in [6.07, 6.45) is 0. The first-order valence-corrected chi connectivity index (χ1v) is 6.04. The minimum atomic E-state index is -0.991. The minimum Gasteiger partial charge on any atom is -0.480 e. The zero-order chi connectivity index (χ0) is 12.2. The number of aryl methyl sites for hydroxylation is 1. The van der Waals surface area contributed by atoms with E-state index in [1.165, 1.54) is 11.8 Å². The van der Waals surface area contributed by atoms with E-state index in [1.807, 2.05) is 31.2 Å². The first-order chi connectivity index (χ1) is 7.50. The number of carboxylic acid groups (broad SMARTS) is 1. The number of aliphatic hydroxyl groups excluding tert-OH is 1. The molecule has 0 bridgehead atoms. The van der Waals surface area contributed by atoms with Crippen molar-refractivity contribution in [2.75, 3.05) is 12.4 Å². The maximum absolute atomic E-state index is 11.3. The van der Waals surface area contributed by atoms with Crippen molar-refractivity contribution < 1.29 is 15.0 Å². The first-order valence-electron chi connectivity index (χ1n) is 5.06. The molecule has 0 aromatic heterocycles. The largest absolute Gasteiger partial charge is 0.480 e. The highest BCUT2D eigenvalue weighted by Crippen LogP contribution is 2.36. The number of hydrogen-bond acceptors (Lipinski definition) is 3. The van der Waals surface area contributed by atoms with Gasteiger partial charge in [-0.3, -0.25) is 4.79 Å². The Bertz CT molecular complexity index is 378. The predicted molar refractivity (Wildman–Crippen MR) is 65.7 cm³/mol. The Hall–Kier alpha value is -1.00. The van der Waals surface area contributed by atoms with E-state index in [2.05, 4.69) is 0 Å². The van der Waals surface area contributed by atoms with E-state index in [0.29, 0.717) is 5.75 Å². The van der Waals surface area contributed by atoms with Crippen LogP contribution in [0.1, 0.15) is 18.1 Å². The Balaban J connectivity index is 3.06. The molecule has 0 radical (unpaired) electrons. The zero-order valence-corrected chi connectivity index (χ0v) is 10.3. The lowest BCUT2D eigenvalue weighted by Crippen LogP contribution is -2.29. The molecule has 1 rings (SSSR count). The van der Waals surface area contributed by atoms with Crippen molar-refractivity contribution in [3.8, 4) is 0 Å². The smallest absolute Gasteiger partial charge is 0.324 e. The molecule has 0 heterocycles. The van der Waals surface area contributed by atoms with E-state index < -0.39 is 10.7 Å². The maximum atomic E-state index is 11.3. The van der Waals surface area contributed by atoms with Crippen LogP contribution in [0.15, 0.2) is 24.3 Å². The molecule has 88 valence electrons. The molecule has 0 fully saturated rings. The van der Waals surface area contributed by atoms with Crippen LogP contribution >= 0.6 is 11.8 Å². The Labute approximate surface area is 99.5 Å². The molecule has 16 heavy (non-hydrogen) atoms. The quantitative estimate of drug-likeness (QED) is 0.826. The summed E-state index contributed by atoms with van der Waals surface area (Å²) in [5.74, 6) is -0.465. The van der Waals surface area contributed by atoms with Crippen molar-refractivity contribution >= 4 is 17.7 Å². The van der Waals surface area contributed by atoms with E-state index in [9.17, 15) is 9.90 Å². The fourth-order valence-corrected chi connectivity index (χ4v) is 2.38. The van der Waals surface area contributed by atoms with E-state index in [0.717, 1.165) is 11.1 Å². The van der Waals surface area contributed by atoms with Gasteiger partial charge in [0, 0.05) is 5.75 Å². The molecule has 0 aliphatic carbocycles. The average molecular weight is 240 g/mol. The molecule has 1 unspecified atom stereocenters. The van der Waals surface area contributed by atoms with Gasteiger partial charge < -0.3 is 10.2 Å². The van der Waals surface area contributed by atoms with E-state index in [-0.39, 0.29) is 6.61 Å². The van der Waals surface area contributed by atoms with E-state index in [1.54, 1.807) is 6.92 Å². The highest BCUT2D eigenvalue weighted by atomic mass is 32.2. The molecule has 3 nitrogen and oxygen atoms in total. The SMILES string of the molecule is Cc1cccc(C(C)(SCCO)C(=O)O)c1. The fourth-order valence-electron chi connectivity index (χ4n) is 1.46. The summed E-state index contributed by atoms with van der Waals surface area (Å²) >= 11 is 1.24. The van der Waals surface area contributed by atoms with Gasteiger partial charge in [0.15, 0.2) is 0 Å². The highest BCUT2D eigenvalue weighted by molar-refractivity contribution is 8.00. The van der Waals surface area contributed by atoms with Gasteiger partial charge in [0.25, 0.3) is 0 Å². The van der Waals surface area contributed by atoms with Gasteiger partial charge in [-0.2, -0.15) is 0 Å². The molecule has 0 aliphatic rings. The van der Waals surface area contributed by atoms with Gasteiger partial charge in [-0.25, -0.2) is 0 Å². The van der Waals surface area contributed by atoms with Gasteiger partial charge in [0.1, 0.15) is 4.75 Å². The summed E-state index contributed by atoms with van der Waals surface area (Å²) in [5.41, 5.74) is 1.80. The second kappa shape index (κ2) is 5.37. The monoisotopic (exact) mass is 240 g/mol. The van der Waals surface area contributed by atoms with Crippen molar-refractivity contribution in [2.24, 2.45) is 0 Å². The summed E-state index contributed by atoms with van der Waals surface area (Å²) < 4.78 is -0.991. The Morgan fingerprint density at radius 2 is 2.19 bits per heavy atom. The lowest BCUT2D eigenvalue weighted by atomic mass is 9.99. The molecule has 1 atom stereocenters. The molecule has 0 spiro atoms. The number of benzene rings is 1. The summed E-state index contributed by atoms with van der Waals surface area (Å²) in [5, 5.41) is 18.1. The van der Waals surface area contributed by atoms with Gasteiger partial charge in [-0.05, 0) is 19.4 Å². The van der Waals surface area contributed by atoms with Crippen molar-refractivity contribution in [2.45, 2.75) is 18.6 Å². The molecule has 2 N–H and O–H groups in total. The summed E-state index contributed by atoms with van der Waals surface area (Å²) in [7, 11) is 0. The van der Waals surface area contributed by atoms with Crippen LogP contribution in [0.3, 0.4) is 0 Å². The van der Waals surface area contributed by atoms with Gasteiger partial charge in [0.2, 0.25) is 0 Å². The molecular weight excluding hydrogens is 224 g/mol. The number of aliphatic carboxylic acids is 1. The molecule has 0 saturated carbocycles. The second-order valence-corrected chi connectivity index (χ2v) is 5.29. The van der Waals surface area contributed by atoms with E-state index >= 15 is 0 Å². The van der Waals surface area contributed by atoms with Crippen LogP contribution in [-0.4, -0.2) is 28.5 Å². The molecule has 1 aromatic carbocycles. The lowest BCUT2D eigenvalue weighted by Gasteiger charge is -2.24. The number of thioether (sulfide) groups is 1. The van der Waals surface area contributed by atoms with Crippen LogP contribution in [0.4, 0.5) is 0 Å². The molecular formula is C12H16O3S.